The van der Waals surface area contributed by atoms with E-state index >= 15 is 0 Å². The van der Waals surface area contributed by atoms with Crippen LogP contribution in [0.25, 0.3) is 5.76 Å². The number of aromatic nitrogens is 1. The number of ketones is 1. The molecule has 1 aromatic rings. The van der Waals surface area contributed by atoms with Crippen molar-refractivity contribution in [3.05, 3.63) is 35.1 Å². The Morgan fingerprint density at radius 2 is 2.22 bits per heavy atom. The zero-order chi connectivity index (χ0) is 13.5. The van der Waals surface area contributed by atoms with Gasteiger partial charge in [0.15, 0.2) is 23.0 Å². The molecule has 0 amide bonds. The number of hydrogen-bond donors (Lipinski definition) is 0. The Morgan fingerprint density at radius 3 is 2.78 bits per heavy atom. The number of carbonyl (C=O) groups is 2. The minimum atomic E-state index is -0.932. The molecule has 0 fully saturated rings. The normalized spacial score (nSPS) is 10.9. The summed E-state index contributed by atoms with van der Waals surface area (Å²) >= 11 is 7.37. The molecule has 0 aliphatic carbocycles. The highest BCUT2D eigenvalue weighted by Gasteiger charge is 2.15. The lowest BCUT2D eigenvalue weighted by Crippen LogP contribution is -2.15. The summed E-state index contributed by atoms with van der Waals surface area (Å²) in [6.07, 6.45) is 3.95. The van der Waals surface area contributed by atoms with Crippen molar-refractivity contribution in [1.29, 1.82) is 0 Å². The topological polar surface area (TPSA) is 65.5 Å². The van der Waals surface area contributed by atoms with E-state index in [4.69, 9.17) is 14.7 Å². The van der Waals surface area contributed by atoms with Crippen LogP contribution in [0.4, 0.5) is 0 Å². The molecule has 18 heavy (non-hydrogen) atoms. The minimum Gasteiger partial charge on any atom is -0.460 e. The Hall–Kier alpha value is -1.15. The Labute approximate surface area is 123 Å². The van der Waals surface area contributed by atoms with E-state index in [2.05, 4.69) is 9.72 Å². The molecule has 0 bridgehead atoms. The molecule has 0 aliphatic rings. The quantitative estimate of drug-likeness (QED) is 0.258. The van der Waals surface area contributed by atoms with Gasteiger partial charge >= 0.3 is 5.97 Å². The number of pyridine rings is 1. The summed E-state index contributed by atoms with van der Waals surface area (Å²) in [6.45, 7) is 1.75. The molecule has 1 heterocycles. The Balaban J connectivity index is 2.96. The summed E-state index contributed by atoms with van der Waals surface area (Å²) in [5, 5.41) is 0.399. The second-order valence-electron chi connectivity index (χ2n) is 3.06. The van der Waals surface area contributed by atoms with Gasteiger partial charge in [-0.15, -0.1) is 0 Å². The molecule has 0 spiro atoms. The van der Waals surface area contributed by atoms with Crippen LogP contribution in [0.5, 0.6) is 0 Å². The summed E-state index contributed by atoms with van der Waals surface area (Å²) in [4.78, 5) is 26.5. The summed E-state index contributed by atoms with van der Waals surface area (Å²) in [7, 11) is 0. The van der Waals surface area contributed by atoms with E-state index < -0.39 is 11.8 Å². The van der Waals surface area contributed by atoms with E-state index in [0.717, 1.165) is 6.08 Å². The fourth-order valence-corrected chi connectivity index (χ4v) is 1.63. The molecule has 0 N–H and O–H groups in total. The SMILES string of the molecule is CCOC(=O)C(=O)/C=C(\OI)c1cncc(Cl)c1. The molecule has 1 rings (SSSR count). The molecular weight excluding hydrogens is 372 g/mol. The molecule has 0 aromatic carbocycles. The molecule has 5 nitrogen and oxygen atoms in total. The summed E-state index contributed by atoms with van der Waals surface area (Å²) in [5.74, 6) is -1.55. The predicted octanol–water partition coefficient (Wildman–Crippen LogP) is 2.57. The van der Waals surface area contributed by atoms with Crippen molar-refractivity contribution in [1.82, 2.24) is 4.98 Å². The average molecular weight is 382 g/mol. The number of carbonyl (C=O) groups excluding carboxylic acids is 2. The molecule has 0 atom stereocenters. The molecule has 0 saturated heterocycles. The van der Waals surface area contributed by atoms with Gasteiger partial charge in [-0.2, -0.15) is 0 Å². The molecule has 7 heteroatoms. The first-order valence-electron chi connectivity index (χ1n) is 4.90. The third-order valence-corrected chi connectivity index (χ3v) is 2.49. The second-order valence-corrected chi connectivity index (χ2v) is 3.94. The maximum absolute atomic E-state index is 11.5. The van der Waals surface area contributed by atoms with Crippen molar-refractivity contribution < 1.29 is 17.4 Å². The average Bonchev–Trinajstić information content (AvgIpc) is 2.35. The van der Waals surface area contributed by atoms with Crippen molar-refractivity contribution in [3.8, 4) is 0 Å². The van der Waals surface area contributed by atoms with Crippen molar-refractivity contribution in [3.63, 3.8) is 0 Å². The van der Waals surface area contributed by atoms with Crippen LogP contribution < -0.4 is 0 Å². The van der Waals surface area contributed by atoms with Gasteiger partial charge in [0.25, 0.3) is 5.78 Å². The molecule has 0 unspecified atom stereocenters. The molecule has 0 saturated carbocycles. The van der Waals surface area contributed by atoms with Crippen LogP contribution in [0.2, 0.25) is 5.02 Å². The van der Waals surface area contributed by atoms with E-state index in [0.29, 0.717) is 10.6 Å². The van der Waals surface area contributed by atoms with Crippen molar-refractivity contribution in [2.45, 2.75) is 6.92 Å². The van der Waals surface area contributed by atoms with Crippen molar-refractivity contribution in [2.24, 2.45) is 0 Å². The van der Waals surface area contributed by atoms with Gasteiger partial charge in [0, 0.05) is 24.0 Å². The smallest absolute Gasteiger partial charge is 0.379 e. The van der Waals surface area contributed by atoms with Crippen molar-refractivity contribution in [2.75, 3.05) is 6.61 Å². The van der Waals surface area contributed by atoms with Gasteiger partial charge in [-0.1, -0.05) is 11.6 Å². The largest absolute Gasteiger partial charge is 0.460 e. The molecule has 0 aliphatic heterocycles. The van der Waals surface area contributed by atoms with Crippen molar-refractivity contribution >= 4 is 52.1 Å². The highest BCUT2D eigenvalue weighted by atomic mass is 127. The Bertz CT molecular complexity index is 490. The number of hydrogen-bond acceptors (Lipinski definition) is 5. The van der Waals surface area contributed by atoms with Gasteiger partial charge in [0.1, 0.15) is 5.76 Å². The van der Waals surface area contributed by atoms with Gasteiger partial charge in [-0.05, 0) is 13.0 Å². The number of halogens is 2. The zero-order valence-corrected chi connectivity index (χ0v) is 12.3. The Kier molecular flexibility index (Phi) is 6.06. The van der Waals surface area contributed by atoms with Crippen LogP contribution in [0, 0.1) is 0 Å². The predicted molar refractivity (Wildman–Crippen MR) is 74.0 cm³/mol. The van der Waals surface area contributed by atoms with Crippen LogP contribution in [0.1, 0.15) is 12.5 Å². The fraction of sp³-hybridized carbons (Fsp3) is 0.182. The standard InChI is InChI=1S/C11H9ClINO4/c1-2-17-11(16)9(15)4-10(18-13)7-3-8(12)6-14-5-7/h3-6H,2H2,1H3/b10-4-. The van der Waals surface area contributed by atoms with E-state index in [-0.39, 0.29) is 12.4 Å². The monoisotopic (exact) mass is 381 g/mol. The summed E-state index contributed by atoms with van der Waals surface area (Å²) in [6, 6.07) is 1.57. The lowest BCUT2D eigenvalue weighted by Gasteiger charge is -2.04. The number of nitrogens with zero attached hydrogens (tertiary/aromatic N) is 1. The van der Waals surface area contributed by atoms with Crippen LogP contribution in [-0.2, 0) is 17.4 Å². The minimum absolute atomic E-state index is 0.136. The Morgan fingerprint density at radius 1 is 1.50 bits per heavy atom. The molecule has 1 aromatic heterocycles. The first-order valence-corrected chi connectivity index (χ1v) is 6.16. The number of esters is 1. The van der Waals surface area contributed by atoms with Gasteiger partial charge in [0.2, 0.25) is 0 Å². The van der Waals surface area contributed by atoms with Crippen LogP contribution in [0.15, 0.2) is 24.5 Å². The van der Waals surface area contributed by atoms with E-state index in [1.54, 1.807) is 36.0 Å². The van der Waals surface area contributed by atoms with Crippen LogP contribution in [0.3, 0.4) is 0 Å². The van der Waals surface area contributed by atoms with Crippen LogP contribution in [-0.4, -0.2) is 23.3 Å². The first-order chi connectivity index (χ1) is 8.58. The number of ether oxygens (including phenoxy) is 1. The highest BCUT2D eigenvalue weighted by Crippen LogP contribution is 2.20. The highest BCUT2D eigenvalue weighted by molar-refractivity contribution is 14.1. The lowest BCUT2D eigenvalue weighted by atomic mass is 10.2. The van der Waals surface area contributed by atoms with Crippen LogP contribution >= 0.6 is 34.6 Å². The first kappa shape index (κ1) is 14.9. The van der Waals surface area contributed by atoms with Gasteiger partial charge < -0.3 is 7.80 Å². The maximum Gasteiger partial charge on any atom is 0.379 e. The zero-order valence-electron chi connectivity index (χ0n) is 9.35. The lowest BCUT2D eigenvalue weighted by molar-refractivity contribution is -0.151. The van der Waals surface area contributed by atoms with Gasteiger partial charge in [0.05, 0.1) is 11.6 Å². The molecular formula is C11H9ClINO4. The molecule has 0 radical (unpaired) electrons. The second kappa shape index (κ2) is 7.32. The third kappa shape index (κ3) is 4.26. The maximum atomic E-state index is 11.5. The number of rotatable bonds is 5. The summed E-state index contributed by atoms with van der Waals surface area (Å²) in [5.41, 5.74) is 0.495. The van der Waals surface area contributed by atoms with E-state index in [1.807, 2.05) is 0 Å². The van der Waals surface area contributed by atoms with E-state index in [9.17, 15) is 9.59 Å². The fourth-order valence-electron chi connectivity index (χ4n) is 1.08. The molecule has 96 valence electrons. The summed E-state index contributed by atoms with van der Waals surface area (Å²) < 4.78 is 9.57. The van der Waals surface area contributed by atoms with Gasteiger partial charge in [-0.25, -0.2) is 4.79 Å². The third-order valence-electron chi connectivity index (χ3n) is 1.81. The van der Waals surface area contributed by atoms with Gasteiger partial charge in [-0.3, -0.25) is 9.78 Å². The van der Waals surface area contributed by atoms with E-state index in [1.165, 1.54) is 12.4 Å².